The summed E-state index contributed by atoms with van der Waals surface area (Å²) >= 11 is 1.90. The van der Waals surface area contributed by atoms with Crippen LogP contribution in [0.15, 0.2) is 6.07 Å². The van der Waals surface area contributed by atoms with E-state index in [-0.39, 0.29) is 5.91 Å². The average molecular weight is 253 g/mol. The summed E-state index contributed by atoms with van der Waals surface area (Å²) in [6, 6.07) is 2.04. The SMILES string of the molecule is CC1CSCCN1C(=O)c1cc2n(n1)CCO2. The maximum Gasteiger partial charge on any atom is 0.274 e. The van der Waals surface area contributed by atoms with E-state index in [9.17, 15) is 4.79 Å². The number of carbonyl (C=O) groups excluding carboxylic acids is 1. The second-order valence-electron chi connectivity index (χ2n) is 4.36. The van der Waals surface area contributed by atoms with Crippen molar-refractivity contribution in [3.8, 4) is 5.88 Å². The zero-order valence-corrected chi connectivity index (χ0v) is 10.6. The number of hydrogen-bond donors (Lipinski definition) is 0. The molecule has 3 heterocycles. The number of aromatic nitrogens is 2. The maximum absolute atomic E-state index is 12.3. The quantitative estimate of drug-likeness (QED) is 0.744. The van der Waals surface area contributed by atoms with Gasteiger partial charge >= 0.3 is 0 Å². The molecule has 0 aliphatic carbocycles. The van der Waals surface area contributed by atoms with Gasteiger partial charge in [0.15, 0.2) is 5.69 Å². The van der Waals surface area contributed by atoms with Gasteiger partial charge in [-0.05, 0) is 6.92 Å². The van der Waals surface area contributed by atoms with E-state index < -0.39 is 0 Å². The van der Waals surface area contributed by atoms with E-state index in [1.165, 1.54) is 0 Å². The van der Waals surface area contributed by atoms with Crippen molar-refractivity contribution in [2.75, 3.05) is 24.7 Å². The first kappa shape index (κ1) is 11.0. The van der Waals surface area contributed by atoms with Crippen molar-refractivity contribution in [3.63, 3.8) is 0 Å². The lowest BCUT2D eigenvalue weighted by Gasteiger charge is -2.32. The van der Waals surface area contributed by atoms with Crippen molar-refractivity contribution in [1.82, 2.24) is 14.7 Å². The first-order valence-corrected chi connectivity index (χ1v) is 7.00. The van der Waals surface area contributed by atoms with Crippen LogP contribution in [0.25, 0.3) is 0 Å². The summed E-state index contributed by atoms with van der Waals surface area (Å²) in [5.74, 6) is 2.77. The van der Waals surface area contributed by atoms with Crippen LogP contribution in [0.4, 0.5) is 0 Å². The largest absolute Gasteiger partial charge is 0.476 e. The molecule has 3 rings (SSSR count). The molecular weight excluding hydrogens is 238 g/mol. The predicted molar refractivity (Wildman–Crippen MR) is 65.5 cm³/mol. The molecule has 0 bridgehead atoms. The second kappa shape index (κ2) is 4.25. The van der Waals surface area contributed by atoms with E-state index in [4.69, 9.17) is 4.74 Å². The molecule has 0 N–H and O–H groups in total. The molecule has 0 aromatic carbocycles. The summed E-state index contributed by atoms with van der Waals surface area (Å²) in [4.78, 5) is 14.2. The van der Waals surface area contributed by atoms with E-state index >= 15 is 0 Å². The van der Waals surface area contributed by atoms with Gasteiger partial charge in [-0.2, -0.15) is 16.9 Å². The van der Waals surface area contributed by atoms with E-state index in [1.807, 2.05) is 16.7 Å². The molecule has 5 nitrogen and oxygen atoms in total. The highest BCUT2D eigenvalue weighted by Gasteiger charge is 2.28. The Balaban J connectivity index is 1.80. The summed E-state index contributed by atoms with van der Waals surface area (Å²) in [5.41, 5.74) is 0.512. The van der Waals surface area contributed by atoms with Crippen LogP contribution in [0.5, 0.6) is 5.88 Å². The number of hydrogen-bond acceptors (Lipinski definition) is 4. The van der Waals surface area contributed by atoms with Gasteiger partial charge in [0.05, 0.1) is 6.54 Å². The van der Waals surface area contributed by atoms with Crippen LogP contribution in [-0.2, 0) is 6.54 Å². The standard InChI is InChI=1S/C11H15N3O2S/c1-8-7-17-5-3-13(8)11(15)9-6-10-14(12-9)2-4-16-10/h6,8H,2-5,7H2,1H3. The number of fused-ring (bicyclic) bond motifs is 1. The van der Waals surface area contributed by atoms with Crippen LogP contribution in [0.1, 0.15) is 17.4 Å². The first-order valence-electron chi connectivity index (χ1n) is 5.85. The van der Waals surface area contributed by atoms with Gasteiger partial charge in [-0.3, -0.25) is 4.79 Å². The smallest absolute Gasteiger partial charge is 0.274 e. The van der Waals surface area contributed by atoms with Crippen molar-refractivity contribution < 1.29 is 9.53 Å². The Morgan fingerprint density at radius 1 is 1.59 bits per heavy atom. The Morgan fingerprint density at radius 3 is 3.24 bits per heavy atom. The molecule has 1 aromatic heterocycles. The zero-order chi connectivity index (χ0) is 11.8. The fraction of sp³-hybridized carbons (Fsp3) is 0.636. The first-order chi connectivity index (χ1) is 8.25. The van der Waals surface area contributed by atoms with Gasteiger partial charge in [-0.15, -0.1) is 0 Å². The van der Waals surface area contributed by atoms with E-state index in [2.05, 4.69) is 12.0 Å². The van der Waals surface area contributed by atoms with Crippen molar-refractivity contribution in [1.29, 1.82) is 0 Å². The molecule has 0 saturated carbocycles. The highest BCUT2D eigenvalue weighted by molar-refractivity contribution is 7.99. The lowest BCUT2D eigenvalue weighted by Crippen LogP contribution is -2.44. The van der Waals surface area contributed by atoms with Crippen LogP contribution in [-0.4, -0.2) is 51.3 Å². The Hall–Kier alpha value is -1.17. The fourth-order valence-electron chi connectivity index (χ4n) is 2.19. The van der Waals surface area contributed by atoms with Gasteiger partial charge in [-0.1, -0.05) is 0 Å². The lowest BCUT2D eigenvalue weighted by atomic mass is 10.2. The van der Waals surface area contributed by atoms with Gasteiger partial charge < -0.3 is 9.64 Å². The third-order valence-electron chi connectivity index (χ3n) is 3.14. The summed E-state index contributed by atoms with van der Waals surface area (Å²) in [6.45, 7) is 4.31. The minimum Gasteiger partial charge on any atom is -0.476 e. The van der Waals surface area contributed by atoms with Crippen molar-refractivity contribution in [3.05, 3.63) is 11.8 Å². The second-order valence-corrected chi connectivity index (χ2v) is 5.51. The third-order valence-corrected chi connectivity index (χ3v) is 4.33. The molecule has 1 aromatic rings. The molecule has 92 valence electrons. The molecule has 1 saturated heterocycles. The van der Waals surface area contributed by atoms with Crippen LogP contribution in [0.3, 0.4) is 0 Å². The molecule has 1 atom stereocenters. The monoisotopic (exact) mass is 253 g/mol. The van der Waals surface area contributed by atoms with Crippen LogP contribution < -0.4 is 4.74 Å². The van der Waals surface area contributed by atoms with Crippen LogP contribution in [0.2, 0.25) is 0 Å². The lowest BCUT2D eigenvalue weighted by molar-refractivity contribution is 0.0708. The van der Waals surface area contributed by atoms with E-state index in [1.54, 1.807) is 10.7 Å². The van der Waals surface area contributed by atoms with Gasteiger partial charge in [0, 0.05) is 30.2 Å². The number of nitrogens with zero attached hydrogens (tertiary/aromatic N) is 3. The minimum absolute atomic E-state index is 0.0308. The van der Waals surface area contributed by atoms with Gasteiger partial charge in [0.25, 0.3) is 5.91 Å². The Morgan fingerprint density at radius 2 is 2.47 bits per heavy atom. The van der Waals surface area contributed by atoms with Crippen LogP contribution >= 0.6 is 11.8 Å². The molecule has 0 spiro atoms. The van der Waals surface area contributed by atoms with E-state index in [0.717, 1.165) is 24.6 Å². The number of rotatable bonds is 1. The highest BCUT2D eigenvalue weighted by atomic mass is 32.2. The Bertz CT molecular complexity index is 424. The average Bonchev–Trinajstić information content (AvgIpc) is 2.88. The number of amides is 1. The molecule has 1 fully saturated rings. The number of ether oxygens (including phenoxy) is 1. The molecule has 0 radical (unpaired) electrons. The van der Waals surface area contributed by atoms with Crippen molar-refractivity contribution in [2.24, 2.45) is 0 Å². The molecule has 2 aliphatic heterocycles. The Labute approximate surface area is 104 Å². The summed E-state index contributed by atoms with van der Waals surface area (Å²) < 4.78 is 7.13. The van der Waals surface area contributed by atoms with Gasteiger partial charge in [-0.25, -0.2) is 4.68 Å². The topological polar surface area (TPSA) is 47.4 Å². The fourth-order valence-corrected chi connectivity index (χ4v) is 3.21. The molecule has 2 aliphatic rings. The summed E-state index contributed by atoms with van der Waals surface area (Å²) in [7, 11) is 0. The van der Waals surface area contributed by atoms with Gasteiger partial charge in [0.2, 0.25) is 5.88 Å². The molecule has 1 amide bonds. The van der Waals surface area contributed by atoms with Gasteiger partial charge in [0.1, 0.15) is 6.61 Å². The maximum atomic E-state index is 12.3. The minimum atomic E-state index is 0.0308. The molecule has 17 heavy (non-hydrogen) atoms. The van der Waals surface area contributed by atoms with Crippen molar-refractivity contribution in [2.45, 2.75) is 19.5 Å². The number of thioether (sulfide) groups is 1. The zero-order valence-electron chi connectivity index (χ0n) is 9.76. The Kier molecular flexibility index (Phi) is 2.74. The molecule has 6 heteroatoms. The molecular formula is C11H15N3O2S. The summed E-state index contributed by atoms with van der Waals surface area (Å²) in [6.07, 6.45) is 0. The normalized spacial score (nSPS) is 23.4. The predicted octanol–water partition coefficient (Wildman–Crippen LogP) is 0.853. The van der Waals surface area contributed by atoms with E-state index in [0.29, 0.717) is 24.2 Å². The molecule has 1 unspecified atom stereocenters. The number of carbonyl (C=O) groups is 1. The van der Waals surface area contributed by atoms with Crippen LogP contribution in [0, 0.1) is 0 Å². The summed E-state index contributed by atoms with van der Waals surface area (Å²) in [5, 5.41) is 4.29. The highest BCUT2D eigenvalue weighted by Crippen LogP contribution is 2.22. The third kappa shape index (κ3) is 1.90. The van der Waals surface area contributed by atoms with Crippen molar-refractivity contribution >= 4 is 17.7 Å².